The zero-order chi connectivity index (χ0) is 16.1. The van der Waals surface area contributed by atoms with Gasteiger partial charge >= 0.3 is 0 Å². The highest BCUT2D eigenvalue weighted by Gasteiger charge is 2.28. The largest absolute Gasteiger partial charge is 0.160 e. The standard InChI is InChI=1S/C12H5F5S5/c13-18-8-7(6-4-2-1-3-5-6)9(19-14)11(21-16)12(22-17)10(8)20-15/h1-5H. The maximum absolute atomic E-state index is 13.4. The topological polar surface area (TPSA) is 0 Å². The highest BCUT2D eigenvalue weighted by molar-refractivity contribution is 8.00. The molecule has 0 nitrogen and oxygen atoms in total. The van der Waals surface area contributed by atoms with Crippen molar-refractivity contribution in [2.24, 2.45) is 0 Å². The molecular formula is C12H5F5S5. The predicted molar refractivity (Wildman–Crippen MR) is 86.7 cm³/mol. The third-order valence-electron chi connectivity index (χ3n) is 2.73. The SMILES string of the molecule is FSc1c(SF)c(SF)c(-c2ccccc2)c(SF)c1SF. The maximum atomic E-state index is 13.4. The molecule has 0 saturated carbocycles. The van der Waals surface area contributed by atoms with Crippen molar-refractivity contribution in [3.05, 3.63) is 30.3 Å². The summed E-state index contributed by atoms with van der Waals surface area (Å²) in [5.41, 5.74) is 0.377. The molecule has 2 aromatic carbocycles. The molecule has 0 heterocycles. The number of rotatable bonds is 6. The predicted octanol–water partition coefficient (Wildman–Crippen LogP) is 8.24. The molecule has 0 saturated heterocycles. The summed E-state index contributed by atoms with van der Waals surface area (Å²) in [6.07, 6.45) is 0. The molecule has 0 amide bonds. The summed E-state index contributed by atoms with van der Waals surface area (Å²) >= 11 is -1.92. The minimum Gasteiger partial charge on any atom is -0.160 e. The molecule has 0 aliphatic carbocycles. The summed E-state index contributed by atoms with van der Waals surface area (Å²) in [5.74, 6) is 0. The zero-order valence-corrected chi connectivity index (χ0v) is 14.4. The Morgan fingerprint density at radius 3 is 1.23 bits per heavy atom. The molecule has 0 aliphatic rings. The molecule has 0 fully saturated rings. The summed E-state index contributed by atoms with van der Waals surface area (Å²) in [6, 6.07) is 8.04. The van der Waals surface area contributed by atoms with E-state index in [1.54, 1.807) is 30.3 Å². The molecule has 0 aliphatic heterocycles. The van der Waals surface area contributed by atoms with Gasteiger partial charge in [-0.3, -0.25) is 0 Å². The molecule has 0 N–H and O–H groups in total. The highest BCUT2D eigenvalue weighted by atomic mass is 32.2. The van der Waals surface area contributed by atoms with E-state index in [1.807, 2.05) is 0 Å². The summed E-state index contributed by atoms with van der Waals surface area (Å²) < 4.78 is 66.2. The Balaban J connectivity index is 2.91. The number of halogens is 5. The van der Waals surface area contributed by atoms with Gasteiger partial charge < -0.3 is 0 Å². The van der Waals surface area contributed by atoms with E-state index in [0.717, 1.165) is 0 Å². The van der Waals surface area contributed by atoms with E-state index in [4.69, 9.17) is 0 Å². The van der Waals surface area contributed by atoms with Crippen LogP contribution >= 0.6 is 60.7 Å². The number of hydrogen-bond donors (Lipinski definition) is 0. The summed E-state index contributed by atoms with van der Waals surface area (Å²) in [5, 5.41) is 0. The summed E-state index contributed by atoms with van der Waals surface area (Å²) in [7, 11) is 0. The van der Waals surface area contributed by atoms with Crippen LogP contribution in [0.4, 0.5) is 19.4 Å². The van der Waals surface area contributed by atoms with Crippen LogP contribution in [-0.4, -0.2) is 0 Å². The first kappa shape index (κ1) is 18.2. The van der Waals surface area contributed by atoms with E-state index in [2.05, 4.69) is 0 Å². The van der Waals surface area contributed by atoms with Crippen LogP contribution in [0.1, 0.15) is 0 Å². The maximum Gasteiger partial charge on any atom is 0.0838 e. The van der Waals surface area contributed by atoms with E-state index in [-0.39, 0.29) is 39.7 Å². The van der Waals surface area contributed by atoms with Gasteiger partial charge in [-0.2, -0.15) is 19.4 Å². The van der Waals surface area contributed by atoms with Crippen molar-refractivity contribution in [2.45, 2.75) is 24.5 Å². The van der Waals surface area contributed by atoms with Crippen LogP contribution in [0.15, 0.2) is 54.8 Å². The third-order valence-corrected chi connectivity index (χ3v) is 6.06. The second-order valence-electron chi connectivity index (χ2n) is 3.77. The molecular weight excluding hydrogens is 399 g/mol. The first-order chi connectivity index (χ1) is 10.7. The van der Waals surface area contributed by atoms with Gasteiger partial charge in [-0.15, -0.1) is 0 Å². The first-order valence-corrected chi connectivity index (χ1v) is 9.04. The Kier molecular flexibility index (Phi) is 7.13. The van der Waals surface area contributed by atoms with Crippen LogP contribution in [-0.2, 0) is 0 Å². The van der Waals surface area contributed by atoms with Gasteiger partial charge in [0, 0.05) is 5.56 Å². The highest BCUT2D eigenvalue weighted by Crippen LogP contribution is 2.54. The Hall–Kier alpha value is -0.160. The Bertz CT molecular complexity index is 619. The van der Waals surface area contributed by atoms with Gasteiger partial charge in [-0.05, 0) is 5.56 Å². The average Bonchev–Trinajstić information content (AvgIpc) is 2.59. The summed E-state index contributed by atoms with van der Waals surface area (Å²) in [6.45, 7) is 0. The fourth-order valence-electron chi connectivity index (χ4n) is 1.86. The molecule has 0 radical (unpaired) electrons. The molecule has 0 aromatic heterocycles. The number of hydrogen-bond acceptors (Lipinski definition) is 5. The van der Waals surface area contributed by atoms with Crippen molar-refractivity contribution in [2.75, 3.05) is 0 Å². The summed E-state index contributed by atoms with van der Waals surface area (Å²) in [4.78, 5) is -1.85. The van der Waals surface area contributed by atoms with Crippen molar-refractivity contribution in [3.63, 3.8) is 0 Å². The normalized spacial score (nSPS) is 11.0. The van der Waals surface area contributed by atoms with Crippen molar-refractivity contribution in [1.82, 2.24) is 0 Å². The molecule has 0 spiro atoms. The second kappa shape index (κ2) is 8.62. The van der Waals surface area contributed by atoms with Crippen molar-refractivity contribution < 1.29 is 19.4 Å². The van der Waals surface area contributed by atoms with Crippen molar-refractivity contribution in [1.29, 1.82) is 0 Å². The van der Waals surface area contributed by atoms with Gasteiger partial charge in [0.1, 0.15) is 0 Å². The quantitative estimate of drug-likeness (QED) is 0.443. The lowest BCUT2D eigenvalue weighted by Gasteiger charge is -2.17. The van der Waals surface area contributed by atoms with Crippen LogP contribution in [0.3, 0.4) is 0 Å². The van der Waals surface area contributed by atoms with Crippen LogP contribution in [0.25, 0.3) is 11.1 Å². The molecule has 10 heteroatoms. The van der Waals surface area contributed by atoms with E-state index >= 15 is 0 Å². The van der Waals surface area contributed by atoms with Gasteiger partial charge in [-0.1, -0.05) is 30.3 Å². The van der Waals surface area contributed by atoms with Gasteiger partial charge in [0.2, 0.25) is 0 Å². The van der Waals surface area contributed by atoms with Crippen LogP contribution in [0, 0.1) is 0 Å². The smallest absolute Gasteiger partial charge is 0.0838 e. The Labute approximate surface area is 145 Å². The van der Waals surface area contributed by atoms with Gasteiger partial charge in [0.15, 0.2) is 0 Å². The lowest BCUT2D eigenvalue weighted by Crippen LogP contribution is -1.94. The average molecular weight is 404 g/mol. The second-order valence-corrected chi connectivity index (χ2v) is 6.59. The minimum atomic E-state index is -0.472. The molecule has 2 rings (SSSR count). The van der Waals surface area contributed by atoms with E-state index < -0.39 is 51.1 Å². The van der Waals surface area contributed by atoms with E-state index in [1.165, 1.54) is 0 Å². The lowest BCUT2D eigenvalue weighted by molar-refractivity contribution is 0.831. The van der Waals surface area contributed by atoms with E-state index in [0.29, 0.717) is 5.56 Å². The monoisotopic (exact) mass is 404 g/mol. The fourth-order valence-corrected chi connectivity index (χ4v) is 4.85. The molecule has 0 unspecified atom stereocenters. The van der Waals surface area contributed by atoms with Gasteiger partial charge in [0.05, 0.1) is 85.2 Å². The minimum absolute atomic E-state index is 0.00120. The molecule has 0 atom stereocenters. The van der Waals surface area contributed by atoms with Gasteiger partial charge in [0.25, 0.3) is 0 Å². The molecule has 0 bridgehead atoms. The first-order valence-electron chi connectivity index (χ1n) is 5.45. The molecule has 22 heavy (non-hydrogen) atoms. The van der Waals surface area contributed by atoms with E-state index in [9.17, 15) is 19.4 Å². The van der Waals surface area contributed by atoms with Crippen molar-refractivity contribution >= 4 is 60.7 Å². The van der Waals surface area contributed by atoms with Crippen molar-refractivity contribution in [3.8, 4) is 11.1 Å². The fraction of sp³-hybridized carbons (Fsp3) is 0. The third kappa shape index (κ3) is 3.35. The Morgan fingerprint density at radius 2 is 0.864 bits per heavy atom. The molecule has 118 valence electrons. The van der Waals surface area contributed by atoms with Gasteiger partial charge in [-0.25, -0.2) is 0 Å². The molecule has 2 aromatic rings. The van der Waals surface area contributed by atoms with Crippen LogP contribution in [0.2, 0.25) is 0 Å². The zero-order valence-electron chi connectivity index (χ0n) is 10.3. The number of benzene rings is 2. The Morgan fingerprint density at radius 1 is 0.500 bits per heavy atom. The lowest BCUT2D eigenvalue weighted by atomic mass is 10.1. The van der Waals surface area contributed by atoms with Crippen LogP contribution < -0.4 is 0 Å². The van der Waals surface area contributed by atoms with Crippen LogP contribution in [0.5, 0.6) is 0 Å².